The zero-order chi connectivity index (χ0) is 19.2. The molecular formula is C16H20N4O5S. The number of amides is 2. The number of carbonyl (C=O) groups is 2. The SMILES string of the molecule is CCOC(=O)N1CCN(S(=O)(=O)c2ccc(NC(=O)CC#N)cc2)CC1. The predicted molar refractivity (Wildman–Crippen MR) is 92.7 cm³/mol. The van der Waals surface area contributed by atoms with Gasteiger partial charge in [-0.1, -0.05) is 0 Å². The first kappa shape index (κ1) is 19.7. The van der Waals surface area contributed by atoms with Crippen molar-refractivity contribution in [2.45, 2.75) is 18.2 Å². The number of benzene rings is 1. The number of nitrogens with zero attached hydrogens (tertiary/aromatic N) is 3. The molecule has 2 rings (SSSR count). The minimum atomic E-state index is -3.69. The fourth-order valence-corrected chi connectivity index (χ4v) is 3.88. The summed E-state index contributed by atoms with van der Waals surface area (Å²) in [4.78, 5) is 24.6. The van der Waals surface area contributed by atoms with Crippen molar-refractivity contribution in [2.24, 2.45) is 0 Å². The third kappa shape index (κ3) is 4.71. The molecule has 0 spiro atoms. The Morgan fingerprint density at radius 3 is 2.35 bits per heavy atom. The van der Waals surface area contributed by atoms with Crippen LogP contribution in [0, 0.1) is 11.3 Å². The highest BCUT2D eigenvalue weighted by Gasteiger charge is 2.30. The maximum Gasteiger partial charge on any atom is 0.409 e. The molecule has 9 nitrogen and oxygen atoms in total. The molecule has 1 aromatic carbocycles. The lowest BCUT2D eigenvalue weighted by Crippen LogP contribution is -2.50. The molecule has 0 radical (unpaired) electrons. The minimum Gasteiger partial charge on any atom is -0.450 e. The maximum absolute atomic E-state index is 12.7. The van der Waals surface area contributed by atoms with Gasteiger partial charge in [0, 0.05) is 31.9 Å². The summed E-state index contributed by atoms with van der Waals surface area (Å²) >= 11 is 0. The number of nitriles is 1. The van der Waals surface area contributed by atoms with Gasteiger partial charge in [0.15, 0.2) is 0 Å². The first-order valence-electron chi connectivity index (χ1n) is 8.07. The zero-order valence-corrected chi connectivity index (χ0v) is 15.2. The standard InChI is InChI=1S/C16H20N4O5S/c1-2-25-16(22)19-9-11-20(12-10-19)26(23,24)14-5-3-13(4-6-14)18-15(21)7-8-17/h3-6H,2,7,9-12H2,1H3,(H,18,21). The summed E-state index contributed by atoms with van der Waals surface area (Å²) in [6.45, 7) is 2.88. The number of anilines is 1. The highest BCUT2D eigenvalue weighted by Crippen LogP contribution is 2.20. The molecular weight excluding hydrogens is 360 g/mol. The van der Waals surface area contributed by atoms with Crippen LogP contribution in [0.1, 0.15) is 13.3 Å². The van der Waals surface area contributed by atoms with E-state index in [0.29, 0.717) is 5.69 Å². The third-order valence-electron chi connectivity index (χ3n) is 3.78. The second-order valence-corrected chi connectivity index (χ2v) is 7.44. The molecule has 1 heterocycles. The normalized spacial score (nSPS) is 15.2. The van der Waals surface area contributed by atoms with Crippen LogP contribution in [0.15, 0.2) is 29.2 Å². The maximum atomic E-state index is 12.7. The molecule has 0 unspecified atom stereocenters. The highest BCUT2D eigenvalue weighted by atomic mass is 32.2. The summed E-state index contributed by atoms with van der Waals surface area (Å²) < 4.78 is 31.6. The quantitative estimate of drug-likeness (QED) is 0.814. The Bertz CT molecular complexity index is 793. The molecule has 0 aromatic heterocycles. The van der Waals surface area contributed by atoms with Gasteiger partial charge >= 0.3 is 6.09 Å². The van der Waals surface area contributed by atoms with Gasteiger partial charge in [-0.05, 0) is 31.2 Å². The average molecular weight is 380 g/mol. The number of carbonyl (C=O) groups excluding carboxylic acids is 2. The van der Waals surface area contributed by atoms with E-state index >= 15 is 0 Å². The van der Waals surface area contributed by atoms with E-state index in [-0.39, 0.29) is 44.1 Å². The lowest BCUT2D eigenvalue weighted by molar-refractivity contribution is -0.115. The monoisotopic (exact) mass is 380 g/mol. The molecule has 140 valence electrons. The second-order valence-electron chi connectivity index (χ2n) is 5.50. The van der Waals surface area contributed by atoms with Crippen molar-refractivity contribution in [1.82, 2.24) is 9.21 Å². The minimum absolute atomic E-state index is 0.0976. The molecule has 10 heteroatoms. The first-order chi connectivity index (χ1) is 12.4. The fraction of sp³-hybridized carbons (Fsp3) is 0.438. The summed E-state index contributed by atoms with van der Waals surface area (Å²) in [6.07, 6.45) is -0.716. The van der Waals surface area contributed by atoms with Crippen molar-refractivity contribution >= 4 is 27.7 Å². The third-order valence-corrected chi connectivity index (χ3v) is 5.69. The second kappa shape index (κ2) is 8.64. The van der Waals surface area contributed by atoms with Crippen LogP contribution in [0.5, 0.6) is 0 Å². The van der Waals surface area contributed by atoms with E-state index in [1.165, 1.54) is 33.5 Å². The van der Waals surface area contributed by atoms with E-state index in [1.54, 1.807) is 13.0 Å². The molecule has 1 aliphatic rings. The van der Waals surface area contributed by atoms with E-state index in [1.807, 2.05) is 0 Å². The Balaban J connectivity index is 2.01. The number of hydrogen-bond donors (Lipinski definition) is 1. The molecule has 1 saturated heterocycles. The fourth-order valence-electron chi connectivity index (χ4n) is 2.46. The van der Waals surface area contributed by atoms with Crippen molar-refractivity contribution in [3.63, 3.8) is 0 Å². The van der Waals surface area contributed by atoms with Crippen LogP contribution in [0.25, 0.3) is 0 Å². The topological polar surface area (TPSA) is 120 Å². The lowest BCUT2D eigenvalue weighted by Gasteiger charge is -2.33. The van der Waals surface area contributed by atoms with Crippen molar-refractivity contribution < 1.29 is 22.7 Å². The molecule has 2 amide bonds. The number of sulfonamides is 1. The van der Waals surface area contributed by atoms with Crippen LogP contribution < -0.4 is 5.32 Å². The molecule has 0 saturated carbocycles. The largest absolute Gasteiger partial charge is 0.450 e. The zero-order valence-electron chi connectivity index (χ0n) is 14.3. The predicted octanol–water partition coefficient (Wildman–Crippen LogP) is 1.00. The molecule has 1 fully saturated rings. The molecule has 26 heavy (non-hydrogen) atoms. The molecule has 1 aliphatic heterocycles. The summed E-state index contributed by atoms with van der Waals surface area (Å²) in [5.41, 5.74) is 0.413. The Morgan fingerprint density at radius 1 is 1.19 bits per heavy atom. The Kier molecular flexibility index (Phi) is 6.54. The van der Waals surface area contributed by atoms with Gasteiger partial charge in [0.1, 0.15) is 6.42 Å². The van der Waals surface area contributed by atoms with Gasteiger partial charge in [-0.3, -0.25) is 4.79 Å². The summed E-state index contributed by atoms with van der Waals surface area (Å²) in [7, 11) is -3.69. The molecule has 1 N–H and O–H groups in total. The number of nitrogens with one attached hydrogen (secondary N) is 1. The molecule has 1 aromatic rings. The summed E-state index contributed by atoms with van der Waals surface area (Å²) in [5, 5.41) is 11.0. The Morgan fingerprint density at radius 2 is 1.81 bits per heavy atom. The van der Waals surface area contributed by atoms with Gasteiger partial charge in [0.05, 0.1) is 17.6 Å². The van der Waals surface area contributed by atoms with E-state index in [2.05, 4.69) is 5.32 Å². The van der Waals surface area contributed by atoms with Gasteiger partial charge < -0.3 is 15.0 Å². The summed E-state index contributed by atoms with van der Waals surface area (Å²) in [5.74, 6) is -0.460. The molecule has 0 bridgehead atoms. The van der Waals surface area contributed by atoms with E-state index in [9.17, 15) is 18.0 Å². The van der Waals surface area contributed by atoms with Gasteiger partial charge in [-0.25, -0.2) is 13.2 Å². The van der Waals surface area contributed by atoms with E-state index in [4.69, 9.17) is 10.00 Å². The average Bonchev–Trinajstić information content (AvgIpc) is 2.62. The van der Waals surface area contributed by atoms with Crippen molar-refractivity contribution in [2.75, 3.05) is 38.1 Å². The van der Waals surface area contributed by atoms with Crippen molar-refractivity contribution in [1.29, 1.82) is 5.26 Å². The number of rotatable bonds is 5. The van der Waals surface area contributed by atoms with Crippen LogP contribution in [0.2, 0.25) is 0 Å². The van der Waals surface area contributed by atoms with E-state index in [0.717, 1.165) is 0 Å². The summed E-state index contributed by atoms with van der Waals surface area (Å²) in [6, 6.07) is 7.47. The highest BCUT2D eigenvalue weighted by molar-refractivity contribution is 7.89. The van der Waals surface area contributed by atoms with Gasteiger partial charge in [-0.2, -0.15) is 9.57 Å². The van der Waals surface area contributed by atoms with Crippen LogP contribution in [0.4, 0.5) is 10.5 Å². The smallest absolute Gasteiger partial charge is 0.409 e. The van der Waals surface area contributed by atoms with Gasteiger partial charge in [0.25, 0.3) is 0 Å². The van der Waals surface area contributed by atoms with Crippen molar-refractivity contribution in [3.8, 4) is 6.07 Å². The Labute approximate surface area is 152 Å². The Hall–Kier alpha value is -2.64. The first-order valence-corrected chi connectivity index (χ1v) is 9.51. The van der Waals surface area contributed by atoms with Crippen LogP contribution in [-0.2, 0) is 19.6 Å². The van der Waals surface area contributed by atoms with Crippen LogP contribution >= 0.6 is 0 Å². The van der Waals surface area contributed by atoms with Gasteiger partial charge in [0.2, 0.25) is 15.9 Å². The number of hydrogen-bond acceptors (Lipinski definition) is 6. The molecule has 0 aliphatic carbocycles. The van der Waals surface area contributed by atoms with Crippen LogP contribution in [-0.4, -0.2) is 62.4 Å². The molecule has 0 atom stereocenters. The van der Waals surface area contributed by atoms with Crippen LogP contribution in [0.3, 0.4) is 0 Å². The van der Waals surface area contributed by atoms with Crippen molar-refractivity contribution in [3.05, 3.63) is 24.3 Å². The lowest BCUT2D eigenvalue weighted by atomic mass is 10.3. The number of piperazine rings is 1. The number of ether oxygens (including phenoxy) is 1. The van der Waals surface area contributed by atoms with E-state index < -0.39 is 22.0 Å². The van der Waals surface area contributed by atoms with Gasteiger partial charge in [-0.15, -0.1) is 0 Å².